The number of para-hydroxylation sites is 2. The first-order valence-electron chi connectivity index (χ1n) is 13.8. The lowest BCUT2D eigenvalue weighted by molar-refractivity contribution is 1.18. The molecule has 5 aromatic carbocycles. The fraction of sp³-hybridized carbons (Fsp3) is 0.0556. The van der Waals surface area contributed by atoms with Gasteiger partial charge in [0.1, 0.15) is 8.07 Å². The van der Waals surface area contributed by atoms with Gasteiger partial charge in [-0.2, -0.15) is 0 Å². The van der Waals surface area contributed by atoms with Crippen LogP contribution in [0.2, 0.25) is 13.1 Å². The van der Waals surface area contributed by atoms with Gasteiger partial charge in [0.2, 0.25) is 0 Å². The zero-order chi connectivity index (χ0) is 26.8. The Hall–Kier alpha value is -4.80. The highest BCUT2D eigenvalue weighted by atomic mass is 28.3. The SMILES string of the molecule is C[Si]1(C)c2ccccc2-c2c(-c3ccccc3)nc(-c3ccc4c(c3)c3ccccc3n4-c3ccccc3)nc21. The average Bonchev–Trinajstić information content (AvgIpc) is 3.46. The molecule has 3 nitrogen and oxygen atoms in total. The number of benzene rings is 5. The van der Waals surface area contributed by atoms with Crippen LogP contribution in [0, 0.1) is 0 Å². The van der Waals surface area contributed by atoms with Crippen LogP contribution < -0.4 is 10.5 Å². The maximum atomic E-state index is 5.37. The number of aromatic nitrogens is 3. The lowest BCUT2D eigenvalue weighted by atomic mass is 10.0. The number of hydrogen-bond acceptors (Lipinski definition) is 2. The second kappa shape index (κ2) is 8.60. The summed E-state index contributed by atoms with van der Waals surface area (Å²) in [5, 5.41) is 5.11. The van der Waals surface area contributed by atoms with Crippen LogP contribution in [0.1, 0.15) is 0 Å². The van der Waals surface area contributed by atoms with Gasteiger partial charge < -0.3 is 4.57 Å². The number of rotatable bonds is 3. The van der Waals surface area contributed by atoms with E-state index in [1.807, 2.05) is 0 Å². The van der Waals surface area contributed by atoms with Crippen LogP contribution in [0.25, 0.3) is 61.3 Å². The van der Waals surface area contributed by atoms with Crippen molar-refractivity contribution in [2.75, 3.05) is 0 Å². The number of nitrogens with zero attached hydrogens (tertiary/aromatic N) is 3. The molecule has 2 aromatic heterocycles. The fourth-order valence-corrected chi connectivity index (χ4v) is 9.36. The van der Waals surface area contributed by atoms with Crippen molar-refractivity contribution in [2.45, 2.75) is 13.1 Å². The third kappa shape index (κ3) is 3.29. The van der Waals surface area contributed by atoms with Gasteiger partial charge in [0.05, 0.1) is 16.7 Å². The topological polar surface area (TPSA) is 30.7 Å². The Kier molecular flexibility index (Phi) is 4.97. The molecule has 190 valence electrons. The predicted molar refractivity (Wildman–Crippen MR) is 169 cm³/mol. The Morgan fingerprint density at radius 2 is 1.25 bits per heavy atom. The van der Waals surface area contributed by atoms with Crippen molar-refractivity contribution in [2.24, 2.45) is 0 Å². The highest BCUT2D eigenvalue weighted by molar-refractivity contribution is 7.03. The monoisotopic (exact) mass is 529 g/mol. The zero-order valence-electron chi connectivity index (χ0n) is 22.5. The molecule has 0 bridgehead atoms. The summed E-state index contributed by atoms with van der Waals surface area (Å²) in [5.41, 5.74) is 9.25. The minimum Gasteiger partial charge on any atom is -0.309 e. The smallest absolute Gasteiger partial charge is 0.159 e. The van der Waals surface area contributed by atoms with Gasteiger partial charge in [0.15, 0.2) is 5.82 Å². The van der Waals surface area contributed by atoms with E-state index in [0.29, 0.717) is 0 Å². The molecule has 0 N–H and O–H groups in total. The van der Waals surface area contributed by atoms with Gasteiger partial charge in [-0.3, -0.25) is 0 Å². The van der Waals surface area contributed by atoms with Crippen molar-refractivity contribution in [1.29, 1.82) is 0 Å². The predicted octanol–water partition coefficient (Wildman–Crippen LogP) is 7.71. The molecule has 0 atom stereocenters. The van der Waals surface area contributed by atoms with Gasteiger partial charge in [-0.05, 0) is 47.1 Å². The van der Waals surface area contributed by atoms with Crippen LogP contribution in [-0.4, -0.2) is 22.6 Å². The van der Waals surface area contributed by atoms with E-state index in [2.05, 4.69) is 145 Å². The highest BCUT2D eigenvalue weighted by Crippen LogP contribution is 2.38. The van der Waals surface area contributed by atoms with Gasteiger partial charge >= 0.3 is 0 Å². The highest BCUT2D eigenvalue weighted by Gasteiger charge is 2.41. The van der Waals surface area contributed by atoms with E-state index in [9.17, 15) is 0 Å². The van der Waals surface area contributed by atoms with E-state index < -0.39 is 8.07 Å². The van der Waals surface area contributed by atoms with Crippen molar-refractivity contribution in [3.8, 4) is 39.5 Å². The summed E-state index contributed by atoms with van der Waals surface area (Å²) in [4.78, 5) is 10.7. The third-order valence-electron chi connectivity index (χ3n) is 8.36. The number of fused-ring (bicyclic) bond motifs is 6. The van der Waals surface area contributed by atoms with Crippen molar-refractivity contribution < 1.29 is 0 Å². The Bertz CT molecular complexity index is 2080. The van der Waals surface area contributed by atoms with E-state index in [1.165, 1.54) is 43.4 Å². The molecule has 0 saturated carbocycles. The normalized spacial score (nSPS) is 13.4. The van der Waals surface area contributed by atoms with Gasteiger partial charge in [-0.15, -0.1) is 0 Å². The van der Waals surface area contributed by atoms with Crippen LogP contribution in [0.15, 0.2) is 127 Å². The van der Waals surface area contributed by atoms with Gasteiger partial charge in [-0.1, -0.05) is 104 Å². The van der Waals surface area contributed by atoms with Crippen LogP contribution in [0.5, 0.6) is 0 Å². The van der Waals surface area contributed by atoms with Crippen molar-refractivity contribution >= 4 is 40.4 Å². The molecule has 0 radical (unpaired) electrons. The zero-order valence-corrected chi connectivity index (χ0v) is 23.5. The molecule has 4 heteroatoms. The summed E-state index contributed by atoms with van der Waals surface area (Å²) in [6, 6.07) is 45.4. The minimum absolute atomic E-state index is 0.796. The Balaban J connectivity index is 1.40. The Labute approximate surface area is 234 Å². The van der Waals surface area contributed by atoms with Crippen LogP contribution in [-0.2, 0) is 0 Å². The van der Waals surface area contributed by atoms with E-state index >= 15 is 0 Å². The number of hydrogen-bond donors (Lipinski definition) is 0. The van der Waals surface area contributed by atoms with E-state index in [0.717, 1.165) is 28.3 Å². The maximum Gasteiger partial charge on any atom is 0.159 e. The molecule has 3 heterocycles. The first-order valence-corrected chi connectivity index (χ1v) is 16.8. The van der Waals surface area contributed by atoms with Gasteiger partial charge in [0, 0.05) is 38.5 Å². The van der Waals surface area contributed by atoms with E-state index in [4.69, 9.17) is 9.97 Å². The molecule has 40 heavy (non-hydrogen) atoms. The first kappa shape index (κ1) is 23.1. The minimum atomic E-state index is -2.00. The molecular formula is C36H27N3Si. The van der Waals surface area contributed by atoms with E-state index in [-0.39, 0.29) is 0 Å². The first-order chi connectivity index (χ1) is 19.6. The molecule has 8 rings (SSSR count). The molecule has 1 aliphatic heterocycles. The lowest BCUT2D eigenvalue weighted by Gasteiger charge is -2.19. The maximum absolute atomic E-state index is 5.37. The summed E-state index contributed by atoms with van der Waals surface area (Å²) in [5.74, 6) is 0.796. The largest absolute Gasteiger partial charge is 0.309 e. The average molecular weight is 530 g/mol. The molecule has 0 unspecified atom stereocenters. The molecule has 0 spiro atoms. The molecular weight excluding hydrogens is 503 g/mol. The summed E-state index contributed by atoms with van der Waals surface area (Å²) < 4.78 is 2.35. The standard InChI is InChI=1S/C36H27N3Si/c1-40(2)32-20-12-10-18-28(32)33-34(24-13-5-3-6-14-24)37-35(38-36(33)40)25-21-22-31-29(23-25)27-17-9-11-19-30(27)39(31)26-15-7-4-8-16-26/h3-23H,1-2H3. The second-order valence-electron chi connectivity index (χ2n) is 11.1. The molecule has 0 amide bonds. The van der Waals surface area contributed by atoms with Crippen LogP contribution in [0.4, 0.5) is 0 Å². The summed E-state index contributed by atoms with van der Waals surface area (Å²) in [6.45, 7) is 4.83. The van der Waals surface area contributed by atoms with E-state index in [1.54, 1.807) is 0 Å². The summed E-state index contributed by atoms with van der Waals surface area (Å²) in [7, 11) is -2.00. The molecule has 0 saturated heterocycles. The molecule has 1 aliphatic rings. The van der Waals surface area contributed by atoms with Crippen LogP contribution in [0.3, 0.4) is 0 Å². The van der Waals surface area contributed by atoms with Crippen LogP contribution >= 0.6 is 0 Å². The summed E-state index contributed by atoms with van der Waals surface area (Å²) in [6.07, 6.45) is 0. The molecule has 7 aromatic rings. The quantitative estimate of drug-likeness (QED) is 0.220. The third-order valence-corrected chi connectivity index (χ3v) is 11.7. The van der Waals surface area contributed by atoms with Gasteiger partial charge in [0.25, 0.3) is 0 Å². The summed E-state index contributed by atoms with van der Waals surface area (Å²) >= 11 is 0. The lowest BCUT2D eigenvalue weighted by Crippen LogP contribution is -2.50. The Morgan fingerprint density at radius 1 is 0.575 bits per heavy atom. The second-order valence-corrected chi connectivity index (χ2v) is 15.3. The van der Waals surface area contributed by atoms with Crippen molar-refractivity contribution in [3.05, 3.63) is 127 Å². The van der Waals surface area contributed by atoms with Gasteiger partial charge in [-0.25, -0.2) is 9.97 Å². The Morgan fingerprint density at radius 3 is 2.08 bits per heavy atom. The molecule has 0 aliphatic carbocycles. The fourth-order valence-electron chi connectivity index (χ4n) is 6.44. The molecule has 0 fully saturated rings. The van der Waals surface area contributed by atoms with Crippen molar-refractivity contribution in [1.82, 2.24) is 14.5 Å². The van der Waals surface area contributed by atoms with Crippen molar-refractivity contribution in [3.63, 3.8) is 0 Å².